The summed E-state index contributed by atoms with van der Waals surface area (Å²) in [5.74, 6) is -1.27. The van der Waals surface area contributed by atoms with E-state index in [0.717, 1.165) is 43.1 Å². The lowest BCUT2D eigenvalue weighted by atomic mass is 10.0. The minimum absolute atomic E-state index is 0.0174. The SMILES string of the molecule is CCCCCCCCCCCCCCCCOc1ccc(C(=O)O)cc1S(=O)(=O)NN=c1sc(-c2cccc(S(=O)(=O)O)c2)nn1C. The highest BCUT2D eigenvalue weighted by Crippen LogP contribution is 2.26. The van der Waals surface area contributed by atoms with E-state index in [4.69, 9.17) is 4.74 Å². The predicted molar refractivity (Wildman–Crippen MR) is 181 cm³/mol. The van der Waals surface area contributed by atoms with Crippen LogP contribution in [0.5, 0.6) is 5.75 Å². The van der Waals surface area contributed by atoms with E-state index >= 15 is 0 Å². The summed E-state index contributed by atoms with van der Waals surface area (Å²) in [6.07, 6.45) is 17.0. The van der Waals surface area contributed by atoms with Crippen LogP contribution < -0.4 is 14.4 Å². The second kappa shape index (κ2) is 18.9. The number of nitrogens with one attached hydrogen (secondary N) is 1. The van der Waals surface area contributed by atoms with E-state index in [0.29, 0.717) is 10.6 Å². The second-order valence-electron chi connectivity index (χ2n) is 11.4. The molecule has 0 fully saturated rings. The molecule has 0 radical (unpaired) electrons. The van der Waals surface area contributed by atoms with Crippen molar-refractivity contribution >= 4 is 37.4 Å². The maximum absolute atomic E-state index is 13.3. The molecular weight excluding hydrogens is 665 g/mol. The molecular formula is C32H46N4O8S3. The molecule has 1 heterocycles. The number of hydrogen-bond donors (Lipinski definition) is 3. The third-order valence-electron chi connectivity index (χ3n) is 7.58. The zero-order valence-electron chi connectivity index (χ0n) is 27.1. The molecule has 0 aliphatic heterocycles. The van der Waals surface area contributed by atoms with E-state index < -0.39 is 26.1 Å². The Morgan fingerprint density at radius 3 is 2.06 bits per heavy atom. The molecule has 0 spiro atoms. The van der Waals surface area contributed by atoms with E-state index in [1.165, 1.54) is 106 Å². The van der Waals surface area contributed by atoms with Gasteiger partial charge in [-0.3, -0.25) is 4.55 Å². The van der Waals surface area contributed by atoms with Crippen LogP contribution in [0.4, 0.5) is 0 Å². The lowest BCUT2D eigenvalue weighted by molar-refractivity contribution is 0.0696. The average Bonchev–Trinajstić information content (AvgIpc) is 3.41. The van der Waals surface area contributed by atoms with Crippen LogP contribution in [0.1, 0.15) is 107 Å². The maximum Gasteiger partial charge on any atom is 0.335 e. The van der Waals surface area contributed by atoms with Crippen molar-refractivity contribution in [3.8, 4) is 16.3 Å². The monoisotopic (exact) mass is 710 g/mol. The Morgan fingerprint density at radius 2 is 1.49 bits per heavy atom. The average molecular weight is 711 g/mol. The summed E-state index contributed by atoms with van der Waals surface area (Å²) in [7, 11) is -7.27. The number of ether oxygens (including phenoxy) is 1. The fourth-order valence-corrected chi connectivity index (χ4v) is 7.36. The van der Waals surface area contributed by atoms with Crippen LogP contribution in [0, 0.1) is 0 Å². The Labute approximate surface area is 281 Å². The first-order valence-electron chi connectivity index (χ1n) is 16.1. The number of hydrogen-bond acceptors (Lipinski definition) is 9. The number of benzene rings is 2. The van der Waals surface area contributed by atoms with Crippen molar-refractivity contribution in [2.24, 2.45) is 12.1 Å². The van der Waals surface area contributed by atoms with Crippen LogP contribution >= 0.6 is 11.3 Å². The van der Waals surface area contributed by atoms with Crippen molar-refractivity contribution in [1.29, 1.82) is 0 Å². The van der Waals surface area contributed by atoms with Crippen LogP contribution in [0.25, 0.3) is 10.6 Å². The van der Waals surface area contributed by atoms with Gasteiger partial charge >= 0.3 is 5.97 Å². The van der Waals surface area contributed by atoms with Gasteiger partial charge in [-0.05, 0) is 36.8 Å². The Kier molecular flexibility index (Phi) is 15.4. The van der Waals surface area contributed by atoms with Gasteiger partial charge < -0.3 is 9.84 Å². The van der Waals surface area contributed by atoms with Gasteiger partial charge in [0.2, 0.25) is 4.80 Å². The standard InChI is InChI=1S/C32H46N4O8S3/c1-3-4-5-6-7-8-9-10-11-12-13-14-15-16-22-44-28-21-20-26(31(37)38)24-29(28)46(39,40)35-33-32-36(2)34-30(45-32)25-18-17-19-27(23-25)47(41,42)43/h17-21,23-24,35H,3-16,22H2,1-2H3,(H,37,38)(H,41,42,43). The molecule has 12 nitrogen and oxygen atoms in total. The molecule has 3 rings (SSSR count). The quantitative estimate of drug-likeness (QED) is 0.0578. The normalized spacial score (nSPS) is 12.4. The fraction of sp³-hybridized carbons (Fsp3) is 0.531. The Balaban J connectivity index is 1.55. The third-order valence-corrected chi connectivity index (χ3v) is 10.7. The number of nitrogens with zero attached hydrogens (tertiary/aromatic N) is 3. The van der Waals surface area contributed by atoms with E-state index in [2.05, 4.69) is 22.0 Å². The number of sulfonamides is 1. The molecule has 0 atom stereocenters. The zero-order chi connectivity index (χ0) is 34.3. The first kappa shape index (κ1) is 38.2. The van der Waals surface area contributed by atoms with Gasteiger partial charge in [0.25, 0.3) is 20.1 Å². The zero-order valence-corrected chi connectivity index (χ0v) is 29.5. The van der Waals surface area contributed by atoms with Gasteiger partial charge in [0.1, 0.15) is 15.7 Å². The highest BCUT2D eigenvalue weighted by molar-refractivity contribution is 7.89. The van der Waals surface area contributed by atoms with E-state index in [9.17, 15) is 31.3 Å². The lowest BCUT2D eigenvalue weighted by Gasteiger charge is -2.12. The largest absolute Gasteiger partial charge is 0.492 e. The van der Waals surface area contributed by atoms with Crippen molar-refractivity contribution in [3.05, 3.63) is 52.8 Å². The summed E-state index contributed by atoms with van der Waals surface area (Å²) in [5.41, 5.74) is 0.150. The van der Waals surface area contributed by atoms with Crippen molar-refractivity contribution in [2.45, 2.75) is 107 Å². The van der Waals surface area contributed by atoms with E-state index in [-0.39, 0.29) is 32.5 Å². The third kappa shape index (κ3) is 12.7. The number of rotatable bonds is 22. The van der Waals surface area contributed by atoms with Crippen LogP contribution in [-0.4, -0.2) is 48.9 Å². The van der Waals surface area contributed by atoms with Crippen LogP contribution in [0.3, 0.4) is 0 Å². The molecule has 15 heteroatoms. The molecule has 1 aromatic heterocycles. The Hall–Kier alpha value is -3.27. The number of carboxylic acids is 1. The molecule has 0 bridgehead atoms. The molecule has 0 amide bonds. The summed E-state index contributed by atoms with van der Waals surface area (Å²) >= 11 is 0.969. The first-order chi connectivity index (χ1) is 22.4. The molecule has 0 aliphatic rings. The van der Waals surface area contributed by atoms with Crippen molar-refractivity contribution in [3.63, 3.8) is 0 Å². The molecule has 0 aliphatic carbocycles. The van der Waals surface area contributed by atoms with Gasteiger partial charge in [-0.1, -0.05) is 114 Å². The summed E-state index contributed by atoms with van der Waals surface area (Å²) in [5, 5.41) is 18.0. The number of aromatic nitrogens is 2. The topological polar surface area (TPSA) is 177 Å². The molecule has 0 saturated carbocycles. The van der Waals surface area contributed by atoms with Gasteiger partial charge in [-0.15, -0.1) is 5.10 Å². The van der Waals surface area contributed by atoms with Crippen molar-refractivity contribution in [1.82, 2.24) is 14.6 Å². The van der Waals surface area contributed by atoms with Gasteiger partial charge in [-0.25, -0.2) is 9.48 Å². The number of aromatic carboxylic acids is 1. The summed E-state index contributed by atoms with van der Waals surface area (Å²) < 4.78 is 66.1. The molecule has 3 N–H and O–H groups in total. The summed E-state index contributed by atoms with van der Waals surface area (Å²) in [6, 6.07) is 9.14. The summed E-state index contributed by atoms with van der Waals surface area (Å²) in [4.78, 5) is 13.2. The second-order valence-corrected chi connectivity index (χ2v) is 15.4. The number of carboxylic acid groups (broad SMARTS) is 1. The molecule has 2 aromatic carbocycles. The van der Waals surface area contributed by atoms with Crippen LogP contribution in [0.2, 0.25) is 0 Å². The molecule has 0 saturated heterocycles. The molecule has 3 aromatic rings. The van der Waals surface area contributed by atoms with Gasteiger partial charge in [-0.2, -0.15) is 26.8 Å². The van der Waals surface area contributed by atoms with E-state index in [1.807, 2.05) is 0 Å². The lowest BCUT2D eigenvalue weighted by Crippen LogP contribution is -2.24. The first-order valence-corrected chi connectivity index (χ1v) is 19.8. The number of unbranched alkanes of at least 4 members (excludes halogenated alkanes) is 13. The van der Waals surface area contributed by atoms with Crippen LogP contribution in [0.15, 0.2) is 57.4 Å². The van der Waals surface area contributed by atoms with Gasteiger partial charge in [0, 0.05) is 12.6 Å². The van der Waals surface area contributed by atoms with Gasteiger partial charge in [0.15, 0.2) is 0 Å². The fourth-order valence-electron chi connectivity index (χ4n) is 4.95. The maximum atomic E-state index is 13.3. The van der Waals surface area contributed by atoms with E-state index in [1.54, 1.807) is 6.07 Å². The van der Waals surface area contributed by atoms with Crippen LogP contribution in [-0.2, 0) is 27.2 Å². The Morgan fingerprint density at radius 1 is 0.894 bits per heavy atom. The number of carbonyl (C=O) groups is 1. The molecule has 47 heavy (non-hydrogen) atoms. The molecule has 260 valence electrons. The minimum atomic E-state index is -4.43. The predicted octanol–water partition coefficient (Wildman–Crippen LogP) is 6.75. The van der Waals surface area contributed by atoms with Gasteiger partial charge in [0.05, 0.1) is 17.1 Å². The van der Waals surface area contributed by atoms with Crippen molar-refractivity contribution < 1.29 is 36.0 Å². The Bertz CT molecular complexity index is 1730. The highest BCUT2D eigenvalue weighted by Gasteiger charge is 2.22. The number of aryl methyl sites for hydroxylation is 1. The minimum Gasteiger partial charge on any atom is -0.492 e. The summed E-state index contributed by atoms with van der Waals surface area (Å²) in [6.45, 7) is 2.51. The molecule has 0 unspecified atom stereocenters. The smallest absolute Gasteiger partial charge is 0.335 e. The highest BCUT2D eigenvalue weighted by atomic mass is 32.2. The van der Waals surface area contributed by atoms with Crippen molar-refractivity contribution in [2.75, 3.05) is 6.61 Å².